The number of hydrogen-bond donors (Lipinski definition) is 2. The van der Waals surface area contributed by atoms with Crippen LogP contribution in [-0.2, 0) is 16.0 Å². The third kappa shape index (κ3) is 7.57. The maximum atomic E-state index is 12.3. The summed E-state index contributed by atoms with van der Waals surface area (Å²) in [6.07, 6.45) is 0.421. The van der Waals surface area contributed by atoms with Crippen molar-refractivity contribution < 1.29 is 24.2 Å². The summed E-state index contributed by atoms with van der Waals surface area (Å²) < 4.78 is 10.6. The van der Waals surface area contributed by atoms with E-state index in [4.69, 9.17) is 14.7 Å². The number of amides is 1. The fourth-order valence-electron chi connectivity index (χ4n) is 2.65. The highest BCUT2D eigenvalue weighted by atomic mass is 16.6. The van der Waals surface area contributed by atoms with E-state index in [1.807, 2.05) is 6.07 Å². The second-order valence-electron chi connectivity index (χ2n) is 7.77. The molecule has 0 aliphatic carbocycles. The molecule has 1 amide bonds. The van der Waals surface area contributed by atoms with Crippen molar-refractivity contribution in [3.63, 3.8) is 0 Å². The lowest BCUT2D eigenvalue weighted by atomic mass is 10.1. The molecule has 0 heterocycles. The fraction of sp³-hybridized carbons (Fsp3) is 0.348. The van der Waals surface area contributed by atoms with Crippen molar-refractivity contribution in [1.29, 1.82) is 5.26 Å². The molecule has 0 saturated heterocycles. The van der Waals surface area contributed by atoms with Crippen molar-refractivity contribution in [3.05, 3.63) is 65.2 Å². The van der Waals surface area contributed by atoms with E-state index in [0.717, 1.165) is 5.56 Å². The molecule has 0 saturated carbocycles. The maximum absolute atomic E-state index is 12.3. The number of ether oxygens (including phenoxy) is 2. The van der Waals surface area contributed by atoms with Crippen molar-refractivity contribution in [3.8, 4) is 11.8 Å². The van der Waals surface area contributed by atoms with Crippen LogP contribution in [0.15, 0.2) is 48.5 Å². The number of esters is 1. The van der Waals surface area contributed by atoms with Crippen molar-refractivity contribution in [2.75, 3.05) is 13.2 Å². The summed E-state index contributed by atoms with van der Waals surface area (Å²) in [7, 11) is 0. The molecule has 0 spiro atoms. The number of aliphatic hydroxyl groups excluding tert-OH is 1. The molecule has 7 nitrogen and oxygen atoms in total. The molecule has 1 unspecified atom stereocenters. The summed E-state index contributed by atoms with van der Waals surface area (Å²) in [6, 6.07) is 14.9. The van der Waals surface area contributed by atoms with Gasteiger partial charge in [0.15, 0.2) is 6.61 Å². The molecule has 7 heteroatoms. The van der Waals surface area contributed by atoms with Gasteiger partial charge in [-0.25, -0.2) is 4.79 Å². The van der Waals surface area contributed by atoms with E-state index in [0.29, 0.717) is 23.3 Å². The Morgan fingerprint density at radius 2 is 1.73 bits per heavy atom. The van der Waals surface area contributed by atoms with Gasteiger partial charge in [0.2, 0.25) is 0 Å². The van der Waals surface area contributed by atoms with Crippen LogP contribution in [0, 0.1) is 11.3 Å². The predicted octanol–water partition coefficient (Wildman–Crippen LogP) is 2.61. The molecule has 0 aromatic heterocycles. The summed E-state index contributed by atoms with van der Waals surface area (Å²) in [5, 5.41) is 21.2. The minimum atomic E-state index is -0.564. The molecule has 158 valence electrons. The molecular formula is C23H26N2O5. The summed E-state index contributed by atoms with van der Waals surface area (Å²) in [6.45, 7) is 4.96. The number of carbonyl (C=O) groups excluding carboxylic acids is 2. The lowest BCUT2D eigenvalue weighted by molar-refractivity contribution is -0.157. The molecule has 1 atom stereocenters. The highest BCUT2D eigenvalue weighted by Gasteiger charge is 2.17. The van der Waals surface area contributed by atoms with E-state index in [2.05, 4.69) is 5.32 Å². The second kappa shape index (κ2) is 10.4. The quantitative estimate of drug-likeness (QED) is 0.648. The van der Waals surface area contributed by atoms with E-state index < -0.39 is 17.6 Å². The highest BCUT2D eigenvalue weighted by molar-refractivity contribution is 5.94. The van der Waals surface area contributed by atoms with E-state index in [1.165, 1.54) is 0 Å². The number of nitrogens with zero attached hydrogens (tertiary/aromatic N) is 1. The van der Waals surface area contributed by atoms with Gasteiger partial charge in [0.05, 0.1) is 24.3 Å². The highest BCUT2D eigenvalue weighted by Crippen LogP contribution is 2.15. The Morgan fingerprint density at radius 1 is 1.10 bits per heavy atom. The molecule has 0 bridgehead atoms. The van der Waals surface area contributed by atoms with Crippen LogP contribution < -0.4 is 10.1 Å². The Labute approximate surface area is 176 Å². The zero-order chi connectivity index (χ0) is 22.1. The van der Waals surface area contributed by atoms with Crippen molar-refractivity contribution >= 4 is 11.9 Å². The first-order valence-electron chi connectivity index (χ1n) is 9.55. The van der Waals surface area contributed by atoms with Gasteiger partial charge in [-0.1, -0.05) is 12.1 Å². The average molecular weight is 410 g/mol. The van der Waals surface area contributed by atoms with E-state index >= 15 is 0 Å². The molecule has 2 rings (SSSR count). The molecule has 30 heavy (non-hydrogen) atoms. The van der Waals surface area contributed by atoms with Crippen LogP contribution >= 0.6 is 0 Å². The number of aliphatic hydroxyl groups is 1. The zero-order valence-corrected chi connectivity index (χ0v) is 17.3. The van der Waals surface area contributed by atoms with Crippen molar-refractivity contribution in [2.45, 2.75) is 38.8 Å². The van der Waals surface area contributed by atoms with Gasteiger partial charge in [0, 0.05) is 5.56 Å². The van der Waals surface area contributed by atoms with Crippen LogP contribution in [0.5, 0.6) is 5.75 Å². The minimum absolute atomic E-state index is 0.184. The van der Waals surface area contributed by atoms with Crippen molar-refractivity contribution in [1.82, 2.24) is 5.32 Å². The topological polar surface area (TPSA) is 109 Å². The SMILES string of the molecule is CC(C)(C)OC(=O)COc1ccc(CC(CO)NC(=O)c2ccc(C#N)cc2)cc1. The molecular weight excluding hydrogens is 384 g/mol. The molecule has 0 aliphatic rings. The van der Waals surface area contributed by atoms with Gasteiger partial charge in [0.25, 0.3) is 5.91 Å². The van der Waals surface area contributed by atoms with Crippen LogP contribution in [0.1, 0.15) is 42.3 Å². The van der Waals surface area contributed by atoms with Crippen LogP contribution in [-0.4, -0.2) is 41.8 Å². The Bertz CT molecular complexity index is 893. The Kier molecular flexibility index (Phi) is 7.96. The van der Waals surface area contributed by atoms with Gasteiger partial charge in [0.1, 0.15) is 11.4 Å². The summed E-state index contributed by atoms with van der Waals surface area (Å²) in [5.41, 5.74) is 1.21. The van der Waals surface area contributed by atoms with Gasteiger partial charge in [-0.15, -0.1) is 0 Å². The van der Waals surface area contributed by atoms with Gasteiger partial charge in [-0.05, 0) is 69.2 Å². The Balaban J connectivity index is 1.88. The van der Waals surface area contributed by atoms with E-state index in [1.54, 1.807) is 69.3 Å². The largest absolute Gasteiger partial charge is 0.482 e. The monoisotopic (exact) mass is 410 g/mol. The fourth-order valence-corrected chi connectivity index (χ4v) is 2.65. The predicted molar refractivity (Wildman–Crippen MR) is 111 cm³/mol. The van der Waals surface area contributed by atoms with Crippen LogP contribution in [0.2, 0.25) is 0 Å². The lowest BCUT2D eigenvalue weighted by Crippen LogP contribution is -2.39. The van der Waals surface area contributed by atoms with Crippen LogP contribution in [0.25, 0.3) is 0 Å². The summed E-state index contributed by atoms with van der Waals surface area (Å²) >= 11 is 0. The summed E-state index contributed by atoms with van der Waals surface area (Å²) in [4.78, 5) is 24.0. The molecule has 2 aromatic rings. The molecule has 2 N–H and O–H groups in total. The zero-order valence-electron chi connectivity index (χ0n) is 17.3. The Hall–Kier alpha value is -3.37. The Morgan fingerprint density at radius 3 is 2.27 bits per heavy atom. The molecule has 0 radical (unpaired) electrons. The van der Waals surface area contributed by atoms with Gasteiger partial charge >= 0.3 is 5.97 Å². The minimum Gasteiger partial charge on any atom is -0.482 e. The number of hydrogen-bond acceptors (Lipinski definition) is 6. The van der Waals surface area contributed by atoms with Crippen molar-refractivity contribution in [2.24, 2.45) is 0 Å². The molecule has 2 aromatic carbocycles. The normalized spacial score (nSPS) is 11.8. The second-order valence-corrected chi connectivity index (χ2v) is 7.77. The van der Waals surface area contributed by atoms with Crippen LogP contribution in [0.4, 0.5) is 0 Å². The third-order valence-electron chi connectivity index (χ3n) is 4.01. The average Bonchev–Trinajstić information content (AvgIpc) is 2.71. The number of nitrogens with one attached hydrogen (secondary N) is 1. The number of rotatable bonds is 8. The lowest BCUT2D eigenvalue weighted by Gasteiger charge is -2.19. The smallest absolute Gasteiger partial charge is 0.344 e. The standard InChI is InChI=1S/C23H26N2O5/c1-23(2,3)30-21(27)15-29-20-10-6-16(7-11-20)12-19(14-26)25-22(28)18-8-4-17(13-24)5-9-18/h4-11,19,26H,12,14-15H2,1-3H3,(H,25,28). The molecule has 0 aliphatic heterocycles. The first-order valence-corrected chi connectivity index (χ1v) is 9.55. The first kappa shape index (κ1) is 22.9. The first-order chi connectivity index (χ1) is 14.2. The van der Waals surface area contributed by atoms with Gasteiger partial charge in [-0.2, -0.15) is 5.26 Å². The van der Waals surface area contributed by atoms with Gasteiger partial charge < -0.3 is 19.9 Å². The third-order valence-corrected chi connectivity index (χ3v) is 4.01. The maximum Gasteiger partial charge on any atom is 0.344 e. The van der Waals surface area contributed by atoms with Crippen LogP contribution in [0.3, 0.4) is 0 Å². The van der Waals surface area contributed by atoms with Gasteiger partial charge in [-0.3, -0.25) is 4.79 Å². The number of nitriles is 1. The number of carbonyl (C=O) groups is 2. The summed E-state index contributed by atoms with van der Waals surface area (Å²) in [5.74, 6) is -0.250. The number of benzene rings is 2. The van der Waals surface area contributed by atoms with E-state index in [-0.39, 0.29) is 19.1 Å². The molecule has 0 fully saturated rings. The van der Waals surface area contributed by atoms with E-state index in [9.17, 15) is 14.7 Å².